The molecular weight excluding hydrogens is 349 g/mol. The Morgan fingerprint density at radius 1 is 1.24 bits per heavy atom. The van der Waals surface area contributed by atoms with Crippen molar-refractivity contribution in [3.8, 4) is 5.88 Å². The highest BCUT2D eigenvalue weighted by Gasteiger charge is 2.30. The van der Waals surface area contributed by atoms with Gasteiger partial charge < -0.3 is 10.1 Å². The van der Waals surface area contributed by atoms with E-state index in [4.69, 9.17) is 4.74 Å². The molecule has 21 heavy (non-hydrogen) atoms. The van der Waals surface area contributed by atoms with Crippen molar-refractivity contribution in [2.75, 3.05) is 12.4 Å². The van der Waals surface area contributed by atoms with Crippen molar-refractivity contribution in [2.45, 2.75) is 12.7 Å². The third kappa shape index (κ3) is 4.10. The second-order valence-electron chi connectivity index (χ2n) is 4.22. The molecule has 1 heterocycles. The molecule has 0 fully saturated rings. The minimum Gasteiger partial charge on any atom is -0.481 e. The number of ether oxygens (including phenoxy) is 1. The molecule has 0 unspecified atom stereocenters. The number of pyridine rings is 1. The van der Waals surface area contributed by atoms with Crippen LogP contribution >= 0.6 is 15.9 Å². The van der Waals surface area contributed by atoms with Crippen LogP contribution in [0.15, 0.2) is 40.9 Å². The lowest BCUT2D eigenvalue weighted by atomic mass is 10.2. The van der Waals surface area contributed by atoms with E-state index in [1.807, 2.05) is 0 Å². The first-order chi connectivity index (χ1) is 9.90. The number of hydrogen-bond acceptors (Lipinski definition) is 3. The molecule has 1 aromatic carbocycles. The SMILES string of the molecule is COc1cccc(CNc2cc(C(F)(F)F)ccc2Br)n1. The Hall–Kier alpha value is -1.76. The fourth-order valence-electron chi connectivity index (χ4n) is 1.69. The lowest BCUT2D eigenvalue weighted by Gasteiger charge is -2.12. The molecule has 7 heteroatoms. The van der Waals surface area contributed by atoms with Gasteiger partial charge in [0.15, 0.2) is 0 Å². The molecule has 0 spiro atoms. The normalized spacial score (nSPS) is 11.3. The predicted octanol–water partition coefficient (Wildman–Crippen LogP) is 4.48. The monoisotopic (exact) mass is 360 g/mol. The van der Waals surface area contributed by atoms with Crippen LogP contribution in [0.4, 0.5) is 18.9 Å². The third-order valence-electron chi connectivity index (χ3n) is 2.74. The minimum absolute atomic E-state index is 0.289. The Morgan fingerprint density at radius 3 is 2.67 bits per heavy atom. The predicted molar refractivity (Wildman–Crippen MR) is 77.3 cm³/mol. The number of halogens is 4. The highest BCUT2D eigenvalue weighted by molar-refractivity contribution is 9.10. The molecule has 0 radical (unpaired) electrons. The van der Waals surface area contributed by atoms with Crippen LogP contribution in [0.1, 0.15) is 11.3 Å². The zero-order valence-corrected chi connectivity index (χ0v) is 12.6. The van der Waals surface area contributed by atoms with Crippen molar-refractivity contribution in [2.24, 2.45) is 0 Å². The topological polar surface area (TPSA) is 34.1 Å². The van der Waals surface area contributed by atoms with Crippen molar-refractivity contribution in [1.29, 1.82) is 0 Å². The number of rotatable bonds is 4. The maximum absolute atomic E-state index is 12.7. The molecule has 0 aliphatic rings. The fraction of sp³-hybridized carbons (Fsp3) is 0.214. The van der Waals surface area contributed by atoms with Gasteiger partial charge in [-0.15, -0.1) is 0 Å². The van der Waals surface area contributed by atoms with E-state index < -0.39 is 11.7 Å². The van der Waals surface area contributed by atoms with E-state index >= 15 is 0 Å². The van der Waals surface area contributed by atoms with Crippen molar-refractivity contribution >= 4 is 21.6 Å². The van der Waals surface area contributed by atoms with Gasteiger partial charge in [-0.3, -0.25) is 0 Å². The van der Waals surface area contributed by atoms with Crippen LogP contribution in [-0.2, 0) is 12.7 Å². The van der Waals surface area contributed by atoms with Gasteiger partial charge in [0, 0.05) is 16.2 Å². The second kappa shape index (κ2) is 6.34. The molecule has 0 saturated carbocycles. The smallest absolute Gasteiger partial charge is 0.416 e. The van der Waals surface area contributed by atoms with Crippen LogP contribution < -0.4 is 10.1 Å². The van der Waals surface area contributed by atoms with Gasteiger partial charge in [-0.1, -0.05) is 6.07 Å². The van der Waals surface area contributed by atoms with Gasteiger partial charge in [0.2, 0.25) is 5.88 Å². The molecule has 112 valence electrons. The van der Waals surface area contributed by atoms with E-state index in [-0.39, 0.29) is 6.54 Å². The van der Waals surface area contributed by atoms with Crippen LogP contribution in [0.2, 0.25) is 0 Å². The molecule has 0 aliphatic heterocycles. The lowest BCUT2D eigenvalue weighted by molar-refractivity contribution is -0.137. The first-order valence-corrected chi connectivity index (χ1v) is 6.80. The molecule has 0 bridgehead atoms. The number of alkyl halides is 3. The fourth-order valence-corrected chi connectivity index (χ4v) is 2.08. The molecular formula is C14H12BrF3N2O. The van der Waals surface area contributed by atoms with Gasteiger partial charge in [0.05, 0.1) is 24.9 Å². The Labute approximate surface area is 128 Å². The summed E-state index contributed by atoms with van der Waals surface area (Å²) < 4.78 is 43.6. The summed E-state index contributed by atoms with van der Waals surface area (Å²) >= 11 is 3.22. The molecule has 0 aliphatic carbocycles. The summed E-state index contributed by atoms with van der Waals surface area (Å²) in [7, 11) is 1.50. The van der Waals surface area contributed by atoms with Gasteiger partial charge in [-0.05, 0) is 40.2 Å². The molecule has 1 N–H and O–H groups in total. The number of methoxy groups -OCH3 is 1. The lowest BCUT2D eigenvalue weighted by Crippen LogP contribution is -2.07. The quantitative estimate of drug-likeness (QED) is 0.872. The molecule has 3 nitrogen and oxygen atoms in total. The molecule has 0 saturated heterocycles. The van der Waals surface area contributed by atoms with Gasteiger partial charge in [0.1, 0.15) is 0 Å². The Bertz CT molecular complexity index is 632. The molecule has 0 atom stereocenters. The Balaban J connectivity index is 2.15. The highest BCUT2D eigenvalue weighted by atomic mass is 79.9. The summed E-state index contributed by atoms with van der Waals surface area (Å²) in [5.74, 6) is 0.456. The van der Waals surface area contributed by atoms with Crippen LogP contribution in [0, 0.1) is 0 Å². The molecule has 2 rings (SSSR count). The average molecular weight is 361 g/mol. The number of nitrogens with zero attached hydrogens (tertiary/aromatic N) is 1. The Morgan fingerprint density at radius 2 is 2.00 bits per heavy atom. The molecule has 2 aromatic rings. The average Bonchev–Trinajstić information content (AvgIpc) is 2.45. The van der Waals surface area contributed by atoms with Gasteiger partial charge in [-0.25, -0.2) is 4.98 Å². The van der Waals surface area contributed by atoms with Crippen molar-refractivity contribution in [1.82, 2.24) is 4.98 Å². The van der Waals surface area contributed by atoms with Crippen molar-refractivity contribution in [3.05, 3.63) is 52.1 Å². The minimum atomic E-state index is -4.37. The maximum Gasteiger partial charge on any atom is 0.416 e. The summed E-state index contributed by atoms with van der Waals surface area (Å²) in [4.78, 5) is 4.18. The molecule has 0 amide bonds. The highest BCUT2D eigenvalue weighted by Crippen LogP contribution is 2.34. The summed E-state index contributed by atoms with van der Waals surface area (Å²) in [6, 6.07) is 8.68. The largest absolute Gasteiger partial charge is 0.481 e. The van der Waals surface area contributed by atoms with Gasteiger partial charge >= 0.3 is 6.18 Å². The van der Waals surface area contributed by atoms with E-state index in [2.05, 4.69) is 26.2 Å². The van der Waals surface area contributed by atoms with Crippen molar-refractivity contribution < 1.29 is 17.9 Å². The second-order valence-corrected chi connectivity index (χ2v) is 5.07. The number of aromatic nitrogens is 1. The maximum atomic E-state index is 12.7. The molecule has 1 aromatic heterocycles. The van der Waals surface area contributed by atoms with Crippen LogP contribution in [-0.4, -0.2) is 12.1 Å². The van der Waals surface area contributed by atoms with E-state index in [1.165, 1.54) is 13.2 Å². The van der Waals surface area contributed by atoms with E-state index in [9.17, 15) is 13.2 Å². The van der Waals surface area contributed by atoms with E-state index in [0.717, 1.165) is 12.1 Å². The standard InChI is InChI=1S/C14H12BrF3N2O/c1-21-13-4-2-3-10(20-13)8-19-12-7-9(14(16,17)18)5-6-11(12)15/h2-7,19H,8H2,1H3. The summed E-state index contributed by atoms with van der Waals surface area (Å²) in [5, 5.41) is 2.93. The van der Waals surface area contributed by atoms with Gasteiger partial charge in [0.25, 0.3) is 0 Å². The first kappa shape index (κ1) is 15.6. The number of hydrogen-bond donors (Lipinski definition) is 1. The van der Waals surface area contributed by atoms with E-state index in [1.54, 1.807) is 18.2 Å². The first-order valence-electron chi connectivity index (χ1n) is 6.00. The number of anilines is 1. The number of nitrogens with one attached hydrogen (secondary N) is 1. The van der Waals surface area contributed by atoms with Crippen LogP contribution in [0.25, 0.3) is 0 Å². The third-order valence-corrected chi connectivity index (χ3v) is 3.44. The Kier molecular flexibility index (Phi) is 4.72. The van der Waals surface area contributed by atoms with E-state index in [0.29, 0.717) is 21.7 Å². The van der Waals surface area contributed by atoms with Gasteiger partial charge in [-0.2, -0.15) is 13.2 Å². The summed E-state index contributed by atoms with van der Waals surface area (Å²) in [5.41, 5.74) is 0.319. The van der Waals surface area contributed by atoms with Crippen LogP contribution in [0.5, 0.6) is 5.88 Å². The number of benzene rings is 1. The van der Waals surface area contributed by atoms with Crippen LogP contribution in [0.3, 0.4) is 0 Å². The zero-order chi connectivity index (χ0) is 15.5. The van der Waals surface area contributed by atoms with Crippen molar-refractivity contribution in [3.63, 3.8) is 0 Å². The zero-order valence-electron chi connectivity index (χ0n) is 11.0. The summed E-state index contributed by atoms with van der Waals surface area (Å²) in [6.07, 6.45) is -4.37. The summed E-state index contributed by atoms with van der Waals surface area (Å²) in [6.45, 7) is 0.289.